The van der Waals surface area contributed by atoms with Crippen LogP contribution in [0.15, 0.2) is 53.7 Å². The van der Waals surface area contributed by atoms with Gasteiger partial charge in [-0.1, -0.05) is 53.7 Å². The number of hydrogen-bond donors (Lipinski definition) is 0. The third kappa shape index (κ3) is 1.83. The summed E-state index contributed by atoms with van der Waals surface area (Å²) in [7, 11) is 0. The first kappa shape index (κ1) is 11.7. The molecule has 3 nitrogen and oxygen atoms in total. The zero-order chi connectivity index (χ0) is 13.2. The molecule has 2 aromatic rings. The molecule has 0 amide bonds. The molecule has 1 aliphatic carbocycles. The Morgan fingerprint density at radius 2 is 1.42 bits per heavy atom. The van der Waals surface area contributed by atoms with Crippen LogP contribution in [0.5, 0.6) is 0 Å². The Morgan fingerprint density at radius 3 is 2.05 bits per heavy atom. The lowest BCUT2D eigenvalue weighted by Gasteiger charge is -2.19. The quantitative estimate of drug-likeness (QED) is 0.768. The number of carbonyl (C=O) groups excluding carboxylic acids is 1. The molecule has 3 rings (SSSR count). The number of hydrogen-bond acceptors (Lipinski definition) is 3. The fourth-order valence-electron chi connectivity index (χ4n) is 2.31. The van der Waals surface area contributed by atoms with E-state index >= 15 is 0 Å². The Hall–Kier alpha value is -2.42. The highest BCUT2D eigenvalue weighted by Gasteiger charge is 2.28. The molecule has 0 aliphatic heterocycles. The summed E-state index contributed by atoms with van der Waals surface area (Å²) in [6.07, 6.45) is 0. The van der Waals surface area contributed by atoms with Gasteiger partial charge in [0.1, 0.15) is 6.61 Å². The van der Waals surface area contributed by atoms with Gasteiger partial charge in [-0.2, -0.15) is 0 Å². The molecule has 2 aromatic carbocycles. The van der Waals surface area contributed by atoms with Crippen molar-refractivity contribution in [1.82, 2.24) is 0 Å². The molecule has 94 valence electrons. The molecule has 0 unspecified atom stereocenters. The number of rotatable bonds is 2. The van der Waals surface area contributed by atoms with E-state index in [0.29, 0.717) is 17.9 Å². The van der Waals surface area contributed by atoms with Gasteiger partial charge in [-0.3, -0.25) is 4.79 Å². The van der Waals surface area contributed by atoms with Gasteiger partial charge in [-0.25, -0.2) is 0 Å². The summed E-state index contributed by atoms with van der Waals surface area (Å²) in [6, 6.07) is 15.4. The van der Waals surface area contributed by atoms with Crippen LogP contribution < -0.4 is 0 Å². The predicted octanol–water partition coefficient (Wildman–Crippen LogP) is 3.29. The SMILES string of the molecule is CCO/N=C1/C(=O)c2ccccc2-c2ccccc21. The number of oxime groups is 1. The Balaban J connectivity index is 2.26. The van der Waals surface area contributed by atoms with E-state index in [-0.39, 0.29) is 5.78 Å². The van der Waals surface area contributed by atoms with Crippen molar-refractivity contribution in [2.24, 2.45) is 5.16 Å². The maximum absolute atomic E-state index is 12.5. The van der Waals surface area contributed by atoms with Gasteiger partial charge in [-0.05, 0) is 18.1 Å². The van der Waals surface area contributed by atoms with Gasteiger partial charge in [-0.15, -0.1) is 0 Å². The van der Waals surface area contributed by atoms with Gasteiger partial charge in [0.2, 0.25) is 5.78 Å². The van der Waals surface area contributed by atoms with Crippen LogP contribution in [-0.2, 0) is 4.84 Å². The minimum atomic E-state index is -0.0808. The van der Waals surface area contributed by atoms with Gasteiger partial charge in [0.25, 0.3) is 0 Å². The second-order valence-electron chi connectivity index (χ2n) is 4.28. The smallest absolute Gasteiger partial charge is 0.216 e. The molecule has 3 heteroatoms. The fourth-order valence-corrected chi connectivity index (χ4v) is 2.31. The third-order valence-electron chi connectivity index (χ3n) is 3.14. The Kier molecular flexibility index (Phi) is 2.88. The standard InChI is InChI=1S/C16H13NO2/c1-2-19-17-15-13-9-5-3-7-11(13)12-8-4-6-10-14(12)16(15)18/h3-10H,2H2,1H3/b17-15+. The zero-order valence-electron chi connectivity index (χ0n) is 10.6. The molecule has 0 saturated carbocycles. The Labute approximate surface area is 111 Å². The molecule has 1 aliphatic rings. The van der Waals surface area contributed by atoms with Crippen molar-refractivity contribution in [3.05, 3.63) is 59.7 Å². The summed E-state index contributed by atoms with van der Waals surface area (Å²) in [5.41, 5.74) is 3.88. The van der Waals surface area contributed by atoms with Crippen LogP contribution >= 0.6 is 0 Å². The normalized spacial score (nSPS) is 15.0. The fraction of sp³-hybridized carbons (Fsp3) is 0.125. The van der Waals surface area contributed by atoms with E-state index < -0.39 is 0 Å². The first-order valence-corrected chi connectivity index (χ1v) is 6.26. The van der Waals surface area contributed by atoms with E-state index in [9.17, 15) is 4.79 Å². The molecular weight excluding hydrogens is 238 g/mol. The van der Waals surface area contributed by atoms with Gasteiger partial charge >= 0.3 is 0 Å². The van der Waals surface area contributed by atoms with Crippen LogP contribution in [0.2, 0.25) is 0 Å². The maximum atomic E-state index is 12.5. The lowest BCUT2D eigenvalue weighted by atomic mass is 9.83. The van der Waals surface area contributed by atoms with Crippen LogP contribution in [0.1, 0.15) is 22.8 Å². The van der Waals surface area contributed by atoms with Crippen molar-refractivity contribution in [3.8, 4) is 11.1 Å². The first-order valence-electron chi connectivity index (χ1n) is 6.26. The van der Waals surface area contributed by atoms with E-state index in [0.717, 1.165) is 16.7 Å². The van der Waals surface area contributed by atoms with E-state index in [1.54, 1.807) is 0 Å². The van der Waals surface area contributed by atoms with Crippen LogP contribution in [0.3, 0.4) is 0 Å². The van der Waals surface area contributed by atoms with Gasteiger partial charge in [0.05, 0.1) is 0 Å². The molecule has 0 saturated heterocycles. The molecule has 0 fully saturated rings. The minimum absolute atomic E-state index is 0.0808. The lowest BCUT2D eigenvalue weighted by Crippen LogP contribution is -2.22. The van der Waals surface area contributed by atoms with Gasteiger partial charge in [0, 0.05) is 11.1 Å². The second-order valence-corrected chi connectivity index (χ2v) is 4.28. The largest absolute Gasteiger partial charge is 0.395 e. The molecular formula is C16H13NO2. The number of benzene rings is 2. The van der Waals surface area contributed by atoms with Crippen molar-refractivity contribution < 1.29 is 9.63 Å². The first-order chi connectivity index (χ1) is 9.33. The summed E-state index contributed by atoms with van der Waals surface area (Å²) < 4.78 is 0. The summed E-state index contributed by atoms with van der Waals surface area (Å²) in [5.74, 6) is -0.0808. The van der Waals surface area contributed by atoms with Crippen LogP contribution in [0.25, 0.3) is 11.1 Å². The Bertz CT molecular complexity index is 674. The van der Waals surface area contributed by atoms with E-state index in [4.69, 9.17) is 4.84 Å². The second kappa shape index (κ2) is 4.69. The highest BCUT2D eigenvalue weighted by atomic mass is 16.6. The number of Topliss-reactive ketones (excluding diaryl/α,β-unsaturated/α-hetero) is 1. The summed E-state index contributed by atoms with van der Waals surface area (Å²) in [5, 5.41) is 3.99. The topological polar surface area (TPSA) is 38.7 Å². The summed E-state index contributed by atoms with van der Waals surface area (Å²) in [6.45, 7) is 2.29. The number of fused-ring (bicyclic) bond motifs is 3. The predicted molar refractivity (Wildman–Crippen MR) is 74.4 cm³/mol. The number of ketones is 1. The molecule has 19 heavy (non-hydrogen) atoms. The highest BCUT2D eigenvalue weighted by Crippen LogP contribution is 2.33. The molecule has 0 heterocycles. The molecule has 0 N–H and O–H groups in total. The number of carbonyl (C=O) groups is 1. The van der Waals surface area contributed by atoms with Crippen molar-refractivity contribution in [2.75, 3.05) is 6.61 Å². The Morgan fingerprint density at radius 1 is 0.895 bits per heavy atom. The van der Waals surface area contributed by atoms with Crippen molar-refractivity contribution >= 4 is 11.5 Å². The third-order valence-corrected chi connectivity index (χ3v) is 3.14. The number of nitrogens with zero attached hydrogens (tertiary/aromatic N) is 1. The van der Waals surface area contributed by atoms with Crippen LogP contribution in [0.4, 0.5) is 0 Å². The van der Waals surface area contributed by atoms with Gasteiger partial charge in [0.15, 0.2) is 5.71 Å². The van der Waals surface area contributed by atoms with Crippen LogP contribution in [0, 0.1) is 0 Å². The summed E-state index contributed by atoms with van der Waals surface area (Å²) in [4.78, 5) is 17.6. The molecule has 0 aromatic heterocycles. The molecule has 0 spiro atoms. The lowest BCUT2D eigenvalue weighted by molar-refractivity contribution is 0.105. The van der Waals surface area contributed by atoms with Crippen LogP contribution in [-0.4, -0.2) is 18.1 Å². The maximum Gasteiger partial charge on any atom is 0.216 e. The molecule has 0 radical (unpaired) electrons. The minimum Gasteiger partial charge on any atom is -0.395 e. The average Bonchev–Trinajstić information content (AvgIpc) is 2.47. The van der Waals surface area contributed by atoms with E-state index in [1.807, 2.05) is 55.5 Å². The van der Waals surface area contributed by atoms with Crippen molar-refractivity contribution in [1.29, 1.82) is 0 Å². The average molecular weight is 251 g/mol. The summed E-state index contributed by atoms with van der Waals surface area (Å²) >= 11 is 0. The van der Waals surface area contributed by atoms with E-state index in [2.05, 4.69) is 5.16 Å². The van der Waals surface area contributed by atoms with Crippen molar-refractivity contribution in [2.45, 2.75) is 6.92 Å². The molecule has 0 bridgehead atoms. The van der Waals surface area contributed by atoms with Crippen molar-refractivity contribution in [3.63, 3.8) is 0 Å². The van der Waals surface area contributed by atoms with Gasteiger partial charge < -0.3 is 4.84 Å². The highest BCUT2D eigenvalue weighted by molar-refractivity contribution is 6.54. The van der Waals surface area contributed by atoms with E-state index in [1.165, 1.54) is 0 Å². The zero-order valence-corrected chi connectivity index (χ0v) is 10.6. The monoisotopic (exact) mass is 251 g/mol. The molecule has 0 atom stereocenters.